The van der Waals surface area contributed by atoms with Gasteiger partial charge in [-0.1, -0.05) is 26.3 Å². The second kappa shape index (κ2) is 6.02. The van der Waals surface area contributed by atoms with Crippen LogP contribution in [0.25, 0.3) is 0 Å². The topological polar surface area (TPSA) is 45.0 Å². The minimum absolute atomic E-state index is 0.155. The molecule has 1 aromatic carbocycles. The SMILES string of the molecule is CCC(C)C(C#N)Nc1cccc(OC)c1. The Morgan fingerprint density at radius 2 is 2.25 bits per heavy atom. The van der Waals surface area contributed by atoms with E-state index in [0.29, 0.717) is 5.92 Å². The summed E-state index contributed by atoms with van der Waals surface area (Å²) >= 11 is 0. The summed E-state index contributed by atoms with van der Waals surface area (Å²) in [7, 11) is 1.63. The van der Waals surface area contributed by atoms with Gasteiger partial charge in [-0.3, -0.25) is 0 Å². The van der Waals surface area contributed by atoms with Crippen LogP contribution in [0.5, 0.6) is 5.75 Å². The largest absolute Gasteiger partial charge is 0.497 e. The highest BCUT2D eigenvalue weighted by Crippen LogP contribution is 2.19. The van der Waals surface area contributed by atoms with Crippen molar-refractivity contribution < 1.29 is 4.74 Å². The van der Waals surface area contributed by atoms with Crippen LogP contribution in [0, 0.1) is 17.2 Å². The number of benzene rings is 1. The molecule has 3 nitrogen and oxygen atoms in total. The Kier molecular flexibility index (Phi) is 4.65. The van der Waals surface area contributed by atoms with Crippen LogP contribution in [0.1, 0.15) is 20.3 Å². The molecule has 0 saturated carbocycles. The zero-order valence-corrected chi connectivity index (χ0v) is 10.0. The van der Waals surface area contributed by atoms with E-state index in [1.54, 1.807) is 7.11 Å². The molecule has 0 saturated heterocycles. The van der Waals surface area contributed by atoms with Gasteiger partial charge in [0.25, 0.3) is 0 Å². The molecule has 0 aromatic heterocycles. The second-order valence-corrected chi connectivity index (χ2v) is 3.87. The van der Waals surface area contributed by atoms with Crippen LogP contribution in [0.2, 0.25) is 0 Å². The molecule has 86 valence electrons. The van der Waals surface area contributed by atoms with Gasteiger partial charge in [0.05, 0.1) is 13.2 Å². The standard InChI is InChI=1S/C13H18N2O/c1-4-10(2)13(9-14)15-11-6-5-7-12(8-11)16-3/h5-8,10,13,15H,4H2,1-3H3. The highest BCUT2D eigenvalue weighted by atomic mass is 16.5. The fourth-order valence-corrected chi connectivity index (χ4v) is 1.43. The third-order valence-electron chi connectivity index (χ3n) is 2.74. The second-order valence-electron chi connectivity index (χ2n) is 3.87. The predicted molar refractivity (Wildman–Crippen MR) is 65.5 cm³/mol. The van der Waals surface area contributed by atoms with Gasteiger partial charge in [-0.15, -0.1) is 0 Å². The van der Waals surface area contributed by atoms with E-state index < -0.39 is 0 Å². The molecule has 0 fully saturated rings. The molecule has 0 aliphatic heterocycles. The van der Waals surface area contributed by atoms with Crippen LogP contribution >= 0.6 is 0 Å². The van der Waals surface area contributed by atoms with Gasteiger partial charge in [0.15, 0.2) is 0 Å². The Hall–Kier alpha value is -1.69. The summed E-state index contributed by atoms with van der Waals surface area (Å²) in [6, 6.07) is 9.76. The van der Waals surface area contributed by atoms with E-state index in [9.17, 15) is 0 Å². The van der Waals surface area contributed by atoms with Crippen LogP contribution in [-0.4, -0.2) is 13.2 Å². The predicted octanol–water partition coefficient (Wildman–Crippen LogP) is 3.05. The molecule has 3 heteroatoms. The molecule has 0 amide bonds. The third-order valence-corrected chi connectivity index (χ3v) is 2.74. The van der Waals surface area contributed by atoms with Gasteiger partial charge in [-0.2, -0.15) is 5.26 Å². The van der Waals surface area contributed by atoms with Crippen molar-refractivity contribution >= 4 is 5.69 Å². The average molecular weight is 218 g/mol. The number of nitrogens with zero attached hydrogens (tertiary/aromatic N) is 1. The molecule has 2 unspecified atom stereocenters. The summed E-state index contributed by atoms with van der Waals surface area (Å²) in [6.07, 6.45) is 0.981. The summed E-state index contributed by atoms with van der Waals surface area (Å²) in [5.41, 5.74) is 0.922. The normalized spacial score (nSPS) is 13.6. The molecule has 16 heavy (non-hydrogen) atoms. The monoisotopic (exact) mass is 218 g/mol. The van der Waals surface area contributed by atoms with Crippen LogP contribution in [-0.2, 0) is 0 Å². The molecule has 0 radical (unpaired) electrons. The molecule has 2 atom stereocenters. The van der Waals surface area contributed by atoms with Crippen LogP contribution in [0.3, 0.4) is 0 Å². The molecule has 0 bridgehead atoms. The highest BCUT2D eigenvalue weighted by Gasteiger charge is 2.14. The maximum atomic E-state index is 9.07. The zero-order valence-electron chi connectivity index (χ0n) is 10.0. The lowest BCUT2D eigenvalue weighted by Crippen LogP contribution is -2.25. The summed E-state index contributed by atoms with van der Waals surface area (Å²) in [6.45, 7) is 4.16. The van der Waals surface area contributed by atoms with Crippen LogP contribution in [0.15, 0.2) is 24.3 Å². The van der Waals surface area contributed by atoms with E-state index in [1.807, 2.05) is 24.3 Å². The Morgan fingerprint density at radius 1 is 1.50 bits per heavy atom. The summed E-state index contributed by atoms with van der Waals surface area (Å²) in [5, 5.41) is 12.3. The van der Waals surface area contributed by atoms with Crippen LogP contribution < -0.4 is 10.1 Å². The van der Waals surface area contributed by atoms with Gasteiger partial charge < -0.3 is 10.1 Å². The van der Waals surface area contributed by atoms with Gasteiger partial charge in [0.2, 0.25) is 0 Å². The van der Waals surface area contributed by atoms with Gasteiger partial charge in [0, 0.05) is 11.8 Å². The molecule has 1 aromatic rings. The van der Waals surface area contributed by atoms with Gasteiger partial charge in [-0.05, 0) is 18.1 Å². The number of methoxy groups -OCH3 is 1. The van der Waals surface area contributed by atoms with Crippen LogP contribution in [0.4, 0.5) is 5.69 Å². The number of ether oxygens (including phenoxy) is 1. The maximum absolute atomic E-state index is 9.07. The fraction of sp³-hybridized carbons (Fsp3) is 0.462. The number of rotatable bonds is 5. The Morgan fingerprint density at radius 3 is 2.81 bits per heavy atom. The number of nitrogens with one attached hydrogen (secondary N) is 1. The first-order valence-corrected chi connectivity index (χ1v) is 5.51. The van der Waals surface area contributed by atoms with Crippen molar-refractivity contribution in [3.63, 3.8) is 0 Å². The van der Waals surface area contributed by atoms with E-state index in [2.05, 4.69) is 25.2 Å². The van der Waals surface area contributed by atoms with Gasteiger partial charge >= 0.3 is 0 Å². The van der Waals surface area contributed by atoms with E-state index in [4.69, 9.17) is 10.00 Å². The van der Waals surface area contributed by atoms with E-state index in [0.717, 1.165) is 17.9 Å². The average Bonchev–Trinajstić information content (AvgIpc) is 2.35. The summed E-state index contributed by atoms with van der Waals surface area (Å²) in [4.78, 5) is 0. The Balaban J connectivity index is 2.74. The molecule has 0 heterocycles. The lowest BCUT2D eigenvalue weighted by molar-refractivity contribution is 0.415. The third kappa shape index (κ3) is 3.16. The molecule has 1 N–H and O–H groups in total. The first-order chi connectivity index (χ1) is 7.71. The Labute approximate surface area is 97.0 Å². The number of nitriles is 1. The number of anilines is 1. The van der Waals surface area contributed by atoms with E-state index in [-0.39, 0.29) is 6.04 Å². The first-order valence-electron chi connectivity index (χ1n) is 5.51. The van der Waals surface area contributed by atoms with Crippen molar-refractivity contribution in [2.45, 2.75) is 26.3 Å². The maximum Gasteiger partial charge on any atom is 0.120 e. The molecule has 0 spiro atoms. The molecule has 1 rings (SSSR count). The number of hydrogen-bond acceptors (Lipinski definition) is 3. The highest BCUT2D eigenvalue weighted by molar-refractivity contribution is 5.49. The summed E-state index contributed by atoms with van der Waals surface area (Å²) in [5.74, 6) is 1.13. The van der Waals surface area contributed by atoms with E-state index >= 15 is 0 Å². The minimum atomic E-state index is -0.155. The smallest absolute Gasteiger partial charge is 0.120 e. The van der Waals surface area contributed by atoms with E-state index in [1.165, 1.54) is 0 Å². The lowest BCUT2D eigenvalue weighted by atomic mass is 10.0. The zero-order chi connectivity index (χ0) is 12.0. The summed E-state index contributed by atoms with van der Waals surface area (Å²) < 4.78 is 5.13. The first kappa shape index (κ1) is 12.4. The Bertz CT molecular complexity index is 370. The van der Waals surface area contributed by atoms with Gasteiger partial charge in [-0.25, -0.2) is 0 Å². The molecular formula is C13H18N2O. The van der Waals surface area contributed by atoms with Crippen molar-refractivity contribution in [2.24, 2.45) is 5.92 Å². The lowest BCUT2D eigenvalue weighted by Gasteiger charge is -2.18. The van der Waals surface area contributed by atoms with Crippen molar-refractivity contribution in [1.29, 1.82) is 5.26 Å². The molecule has 0 aliphatic rings. The molecule has 0 aliphatic carbocycles. The van der Waals surface area contributed by atoms with Crippen molar-refractivity contribution in [3.05, 3.63) is 24.3 Å². The molecular weight excluding hydrogens is 200 g/mol. The van der Waals surface area contributed by atoms with Crippen molar-refractivity contribution in [3.8, 4) is 11.8 Å². The fourth-order valence-electron chi connectivity index (χ4n) is 1.43. The minimum Gasteiger partial charge on any atom is -0.497 e. The van der Waals surface area contributed by atoms with Gasteiger partial charge in [0.1, 0.15) is 11.8 Å². The number of hydrogen-bond donors (Lipinski definition) is 1. The van der Waals surface area contributed by atoms with Crippen molar-refractivity contribution in [2.75, 3.05) is 12.4 Å². The van der Waals surface area contributed by atoms with Crippen molar-refractivity contribution in [1.82, 2.24) is 0 Å². The quantitative estimate of drug-likeness (QED) is 0.826.